The molecule has 0 aliphatic heterocycles. The second kappa shape index (κ2) is 4.14. The van der Waals surface area contributed by atoms with E-state index in [4.69, 9.17) is 4.42 Å². The van der Waals surface area contributed by atoms with Crippen molar-refractivity contribution in [2.24, 2.45) is 0 Å². The zero-order valence-electron chi connectivity index (χ0n) is 8.13. The van der Waals surface area contributed by atoms with Crippen molar-refractivity contribution >= 4 is 15.9 Å². The molecule has 2 nitrogen and oxygen atoms in total. The number of hydrogen-bond donors (Lipinski definition) is 0. The Kier molecular flexibility index (Phi) is 2.86. The quantitative estimate of drug-likeness (QED) is 0.829. The summed E-state index contributed by atoms with van der Waals surface area (Å²) in [5, 5.41) is 0. The Balaban J connectivity index is 2.53. The number of aryl methyl sites for hydroxylation is 1. The minimum atomic E-state index is -0.270. The van der Waals surface area contributed by atoms with Crippen LogP contribution in [0, 0.1) is 5.82 Å². The van der Waals surface area contributed by atoms with Crippen LogP contribution in [0.25, 0.3) is 11.3 Å². The van der Waals surface area contributed by atoms with E-state index in [1.807, 2.05) is 13.0 Å². The van der Waals surface area contributed by atoms with Crippen LogP contribution in [0.2, 0.25) is 0 Å². The molecule has 0 spiro atoms. The molecule has 0 saturated carbocycles. The van der Waals surface area contributed by atoms with Crippen LogP contribution in [0.3, 0.4) is 0 Å². The molecule has 2 rings (SSSR count). The fourth-order valence-electron chi connectivity index (χ4n) is 1.42. The molecule has 15 heavy (non-hydrogen) atoms. The molecule has 78 valence electrons. The fraction of sp³-hybridized carbons (Fsp3) is 0.182. The van der Waals surface area contributed by atoms with E-state index in [0.29, 0.717) is 10.5 Å². The van der Waals surface area contributed by atoms with Crippen LogP contribution in [0.1, 0.15) is 12.7 Å². The highest BCUT2D eigenvalue weighted by Crippen LogP contribution is 2.26. The Morgan fingerprint density at radius 1 is 1.47 bits per heavy atom. The average Bonchev–Trinajstić information content (AvgIpc) is 2.59. The van der Waals surface area contributed by atoms with Gasteiger partial charge >= 0.3 is 0 Å². The molecule has 0 N–H and O–H groups in total. The SMILES string of the molecule is CCc1oc(Br)nc1-c1cccc(F)c1. The van der Waals surface area contributed by atoms with Gasteiger partial charge in [-0.25, -0.2) is 9.37 Å². The summed E-state index contributed by atoms with van der Waals surface area (Å²) in [5.74, 6) is 0.487. The van der Waals surface area contributed by atoms with Crippen LogP contribution in [-0.2, 0) is 6.42 Å². The van der Waals surface area contributed by atoms with Gasteiger partial charge in [0.05, 0.1) is 0 Å². The highest BCUT2D eigenvalue weighted by molar-refractivity contribution is 9.10. The number of benzene rings is 1. The van der Waals surface area contributed by atoms with Gasteiger partial charge in [0.25, 0.3) is 4.80 Å². The highest BCUT2D eigenvalue weighted by Gasteiger charge is 2.12. The Bertz CT molecular complexity index is 481. The van der Waals surface area contributed by atoms with Gasteiger partial charge in [-0.2, -0.15) is 0 Å². The Morgan fingerprint density at radius 3 is 2.93 bits per heavy atom. The van der Waals surface area contributed by atoms with Crippen molar-refractivity contribution in [1.29, 1.82) is 0 Å². The lowest BCUT2D eigenvalue weighted by molar-refractivity contribution is 0.486. The summed E-state index contributed by atoms with van der Waals surface area (Å²) in [5.41, 5.74) is 1.44. The van der Waals surface area contributed by atoms with Crippen molar-refractivity contribution in [3.05, 3.63) is 40.6 Å². The second-order valence-electron chi connectivity index (χ2n) is 3.10. The number of nitrogens with zero attached hydrogens (tertiary/aromatic N) is 1. The molecular formula is C11H9BrFNO. The van der Waals surface area contributed by atoms with E-state index >= 15 is 0 Å². The van der Waals surface area contributed by atoms with Crippen LogP contribution in [0.4, 0.5) is 4.39 Å². The summed E-state index contributed by atoms with van der Waals surface area (Å²) in [6.45, 7) is 1.97. The van der Waals surface area contributed by atoms with Gasteiger partial charge in [-0.3, -0.25) is 0 Å². The second-order valence-corrected chi connectivity index (χ2v) is 3.78. The molecular weight excluding hydrogens is 261 g/mol. The fourth-order valence-corrected chi connectivity index (χ4v) is 1.80. The summed E-state index contributed by atoms with van der Waals surface area (Å²) in [6.07, 6.45) is 0.727. The maximum absolute atomic E-state index is 13.0. The van der Waals surface area contributed by atoms with Crippen molar-refractivity contribution < 1.29 is 8.81 Å². The van der Waals surface area contributed by atoms with Gasteiger partial charge in [0.1, 0.15) is 17.3 Å². The molecule has 0 aliphatic carbocycles. The first-order chi connectivity index (χ1) is 7.20. The van der Waals surface area contributed by atoms with Crippen molar-refractivity contribution in [1.82, 2.24) is 4.98 Å². The van der Waals surface area contributed by atoms with Crippen molar-refractivity contribution in [2.45, 2.75) is 13.3 Å². The number of oxazole rings is 1. The normalized spacial score (nSPS) is 10.6. The zero-order chi connectivity index (χ0) is 10.8. The molecule has 0 atom stereocenters. The van der Waals surface area contributed by atoms with Crippen LogP contribution in [0.15, 0.2) is 33.5 Å². The Labute approximate surface area is 95.3 Å². The van der Waals surface area contributed by atoms with Crippen molar-refractivity contribution in [3.8, 4) is 11.3 Å². The zero-order valence-corrected chi connectivity index (χ0v) is 9.71. The molecule has 4 heteroatoms. The standard InChI is InChI=1S/C11H9BrFNO/c1-2-9-10(14-11(12)15-9)7-4-3-5-8(13)6-7/h3-6H,2H2,1H3. The van der Waals surface area contributed by atoms with E-state index in [2.05, 4.69) is 20.9 Å². The number of rotatable bonds is 2. The molecule has 0 fully saturated rings. The Morgan fingerprint density at radius 2 is 2.27 bits per heavy atom. The predicted molar refractivity (Wildman–Crippen MR) is 59.0 cm³/mol. The first kappa shape index (κ1) is 10.4. The maximum atomic E-state index is 13.0. The van der Waals surface area contributed by atoms with Gasteiger partial charge in [0.15, 0.2) is 0 Å². The smallest absolute Gasteiger partial charge is 0.264 e. The van der Waals surface area contributed by atoms with Gasteiger partial charge in [-0.15, -0.1) is 0 Å². The molecule has 0 bridgehead atoms. The summed E-state index contributed by atoms with van der Waals surface area (Å²) in [4.78, 5) is 4.61. The first-order valence-electron chi connectivity index (χ1n) is 4.62. The maximum Gasteiger partial charge on any atom is 0.264 e. The van der Waals surface area contributed by atoms with Crippen molar-refractivity contribution in [3.63, 3.8) is 0 Å². The minimum Gasteiger partial charge on any atom is -0.436 e. The van der Waals surface area contributed by atoms with Crippen LogP contribution in [-0.4, -0.2) is 4.98 Å². The molecule has 0 amide bonds. The van der Waals surface area contributed by atoms with Gasteiger partial charge < -0.3 is 4.42 Å². The van der Waals surface area contributed by atoms with Gasteiger partial charge in [0.2, 0.25) is 0 Å². The van der Waals surface area contributed by atoms with E-state index in [0.717, 1.165) is 17.7 Å². The predicted octanol–water partition coefficient (Wildman–Crippen LogP) is 3.81. The van der Waals surface area contributed by atoms with Crippen LogP contribution < -0.4 is 0 Å². The molecule has 1 aromatic heterocycles. The van der Waals surface area contributed by atoms with Gasteiger partial charge in [0, 0.05) is 27.9 Å². The summed E-state index contributed by atoms with van der Waals surface area (Å²) < 4.78 is 18.4. The third-order valence-corrected chi connectivity index (χ3v) is 2.43. The molecule has 0 aliphatic rings. The third-order valence-electron chi connectivity index (χ3n) is 2.09. The lowest BCUT2D eigenvalue weighted by Crippen LogP contribution is -1.85. The van der Waals surface area contributed by atoms with Crippen molar-refractivity contribution in [2.75, 3.05) is 0 Å². The van der Waals surface area contributed by atoms with E-state index < -0.39 is 0 Å². The number of hydrogen-bond acceptors (Lipinski definition) is 2. The average molecular weight is 270 g/mol. The summed E-state index contributed by atoms with van der Waals surface area (Å²) >= 11 is 3.17. The molecule has 0 unspecified atom stereocenters. The lowest BCUT2D eigenvalue weighted by atomic mass is 10.1. The number of halogens is 2. The Hall–Kier alpha value is -1.16. The molecule has 0 radical (unpaired) electrons. The largest absolute Gasteiger partial charge is 0.436 e. The molecule has 0 saturated heterocycles. The lowest BCUT2D eigenvalue weighted by Gasteiger charge is -1.98. The van der Waals surface area contributed by atoms with Crippen LogP contribution in [0.5, 0.6) is 0 Å². The molecule has 1 heterocycles. The van der Waals surface area contributed by atoms with Gasteiger partial charge in [-0.05, 0) is 12.1 Å². The monoisotopic (exact) mass is 269 g/mol. The van der Waals surface area contributed by atoms with E-state index in [9.17, 15) is 4.39 Å². The van der Waals surface area contributed by atoms with E-state index in [1.165, 1.54) is 12.1 Å². The van der Waals surface area contributed by atoms with Gasteiger partial charge in [-0.1, -0.05) is 19.1 Å². The number of aromatic nitrogens is 1. The topological polar surface area (TPSA) is 26.0 Å². The summed E-state index contributed by atoms with van der Waals surface area (Å²) in [7, 11) is 0. The highest BCUT2D eigenvalue weighted by atomic mass is 79.9. The summed E-state index contributed by atoms with van der Waals surface area (Å²) in [6, 6.07) is 6.33. The van der Waals surface area contributed by atoms with E-state index in [-0.39, 0.29) is 5.82 Å². The molecule has 2 aromatic rings. The van der Waals surface area contributed by atoms with Crippen LogP contribution >= 0.6 is 15.9 Å². The van der Waals surface area contributed by atoms with E-state index in [1.54, 1.807) is 6.07 Å². The first-order valence-corrected chi connectivity index (χ1v) is 5.41. The molecule has 1 aromatic carbocycles. The minimum absolute atomic E-state index is 0.270. The third kappa shape index (κ3) is 2.09.